The molecule has 0 fully saturated rings. The van der Waals surface area contributed by atoms with Crippen LogP contribution >= 0.6 is 0 Å². The molecule has 1 amide bonds. The van der Waals surface area contributed by atoms with Crippen LogP contribution in [0.4, 0.5) is 23.2 Å². The molecule has 3 aromatic rings. The topological polar surface area (TPSA) is 73.2 Å². The van der Waals surface area contributed by atoms with Crippen LogP contribution in [-0.4, -0.2) is 27.8 Å². The van der Waals surface area contributed by atoms with Crippen molar-refractivity contribution in [1.29, 1.82) is 0 Å². The molecule has 0 radical (unpaired) electrons. The summed E-state index contributed by atoms with van der Waals surface area (Å²) in [6.07, 6.45) is 1.61. The van der Waals surface area contributed by atoms with Gasteiger partial charge in [0.2, 0.25) is 0 Å². The number of hydrogen-bond donors (Lipinski definition) is 1. The van der Waals surface area contributed by atoms with Crippen LogP contribution in [0.3, 0.4) is 0 Å². The van der Waals surface area contributed by atoms with Crippen LogP contribution < -0.4 is 5.32 Å². The average molecular weight is 461 g/mol. The van der Waals surface area contributed by atoms with Crippen molar-refractivity contribution in [1.82, 2.24) is 9.78 Å². The van der Waals surface area contributed by atoms with Gasteiger partial charge in [0.25, 0.3) is 5.91 Å². The Morgan fingerprint density at radius 3 is 2.42 bits per heavy atom. The summed E-state index contributed by atoms with van der Waals surface area (Å²) in [5.41, 5.74) is 1.52. The van der Waals surface area contributed by atoms with E-state index in [0.717, 1.165) is 24.6 Å². The summed E-state index contributed by atoms with van der Waals surface area (Å²) in [7, 11) is 0. The fourth-order valence-corrected chi connectivity index (χ4v) is 3.69. The molecular formula is C23H19F4N3O3. The van der Waals surface area contributed by atoms with E-state index in [0.29, 0.717) is 30.2 Å². The maximum atomic E-state index is 13.8. The monoisotopic (exact) mass is 461 g/mol. The number of rotatable bonds is 5. The van der Waals surface area contributed by atoms with E-state index in [4.69, 9.17) is 4.74 Å². The molecule has 2 aromatic carbocycles. The third-order valence-corrected chi connectivity index (χ3v) is 5.39. The number of fused-ring (bicyclic) bond motifs is 1. The van der Waals surface area contributed by atoms with Crippen LogP contribution in [0.2, 0.25) is 0 Å². The standard InChI is InChI=1S/C23H19F4N3O3/c1-12(22(31)28-17-11-10-16(25)19(26)20(17)27)33-23(32)21-15-4-2-3-5-18(15)30(29-21)14-8-6-13(24)7-9-14/h6-12H,2-5H2,1H3,(H,28,31). The van der Waals surface area contributed by atoms with E-state index in [1.54, 1.807) is 16.8 Å². The van der Waals surface area contributed by atoms with E-state index in [-0.39, 0.29) is 5.69 Å². The number of anilines is 1. The van der Waals surface area contributed by atoms with Crippen LogP contribution in [0.5, 0.6) is 0 Å². The summed E-state index contributed by atoms with van der Waals surface area (Å²) >= 11 is 0. The van der Waals surface area contributed by atoms with Crippen molar-refractivity contribution in [3.8, 4) is 5.69 Å². The summed E-state index contributed by atoms with van der Waals surface area (Å²) in [6.45, 7) is 1.26. The maximum Gasteiger partial charge on any atom is 0.359 e. The van der Waals surface area contributed by atoms with Gasteiger partial charge in [0, 0.05) is 11.3 Å². The normalized spacial score (nSPS) is 13.8. The molecule has 1 unspecified atom stereocenters. The number of ether oxygens (including phenoxy) is 1. The second kappa shape index (κ2) is 9.05. The first-order valence-electron chi connectivity index (χ1n) is 10.3. The van der Waals surface area contributed by atoms with Crippen molar-refractivity contribution >= 4 is 17.6 Å². The molecule has 33 heavy (non-hydrogen) atoms. The fourth-order valence-electron chi connectivity index (χ4n) is 3.69. The molecule has 172 valence electrons. The summed E-state index contributed by atoms with van der Waals surface area (Å²) in [6, 6.07) is 7.18. The summed E-state index contributed by atoms with van der Waals surface area (Å²) < 4.78 is 60.4. The number of aromatic nitrogens is 2. The lowest BCUT2D eigenvalue weighted by atomic mass is 9.95. The molecule has 6 nitrogen and oxygen atoms in total. The van der Waals surface area contributed by atoms with Gasteiger partial charge in [-0.05, 0) is 69.0 Å². The van der Waals surface area contributed by atoms with Gasteiger partial charge >= 0.3 is 5.97 Å². The number of esters is 1. The Labute approximate surface area is 186 Å². The minimum Gasteiger partial charge on any atom is -0.448 e. The van der Waals surface area contributed by atoms with Crippen molar-refractivity contribution < 1.29 is 31.9 Å². The SMILES string of the molecule is CC(OC(=O)c1nn(-c2ccc(F)cc2)c2c1CCCC2)C(=O)Nc1ccc(F)c(F)c1F. The van der Waals surface area contributed by atoms with E-state index in [1.807, 2.05) is 0 Å². The highest BCUT2D eigenvalue weighted by Gasteiger charge is 2.29. The van der Waals surface area contributed by atoms with Gasteiger partial charge in [0.05, 0.1) is 11.4 Å². The predicted octanol–water partition coefficient (Wildman–Crippen LogP) is 4.49. The van der Waals surface area contributed by atoms with E-state index >= 15 is 0 Å². The molecule has 0 aliphatic heterocycles. The first-order valence-corrected chi connectivity index (χ1v) is 10.3. The molecule has 10 heteroatoms. The number of hydrogen-bond acceptors (Lipinski definition) is 4. The molecule has 0 spiro atoms. The molecule has 1 heterocycles. The van der Waals surface area contributed by atoms with Crippen molar-refractivity contribution in [2.45, 2.75) is 38.7 Å². The predicted molar refractivity (Wildman–Crippen MR) is 110 cm³/mol. The van der Waals surface area contributed by atoms with Crippen molar-refractivity contribution in [2.75, 3.05) is 5.32 Å². The number of carbonyl (C=O) groups is 2. The zero-order valence-electron chi connectivity index (χ0n) is 17.5. The van der Waals surface area contributed by atoms with Gasteiger partial charge in [-0.2, -0.15) is 5.10 Å². The van der Waals surface area contributed by atoms with Crippen LogP contribution in [0.15, 0.2) is 36.4 Å². The van der Waals surface area contributed by atoms with Crippen LogP contribution in [0.1, 0.15) is 41.5 Å². The van der Waals surface area contributed by atoms with E-state index in [1.165, 1.54) is 19.1 Å². The Balaban J connectivity index is 1.54. The van der Waals surface area contributed by atoms with Crippen molar-refractivity contribution in [3.05, 3.63) is 76.6 Å². The lowest BCUT2D eigenvalue weighted by Crippen LogP contribution is -2.31. The number of carbonyl (C=O) groups excluding carboxylic acids is 2. The van der Waals surface area contributed by atoms with Gasteiger partial charge < -0.3 is 10.1 Å². The van der Waals surface area contributed by atoms with Crippen molar-refractivity contribution in [2.24, 2.45) is 0 Å². The Kier molecular flexibility index (Phi) is 6.17. The number of halogens is 4. The molecule has 1 aliphatic rings. The molecule has 1 atom stereocenters. The molecule has 0 saturated heterocycles. The lowest BCUT2D eigenvalue weighted by molar-refractivity contribution is -0.123. The Hall–Kier alpha value is -3.69. The molecule has 0 saturated carbocycles. The molecule has 0 bridgehead atoms. The Morgan fingerprint density at radius 2 is 1.70 bits per heavy atom. The second-order valence-electron chi connectivity index (χ2n) is 7.63. The molecular weight excluding hydrogens is 442 g/mol. The summed E-state index contributed by atoms with van der Waals surface area (Å²) in [4.78, 5) is 25.2. The van der Waals surface area contributed by atoms with Crippen molar-refractivity contribution in [3.63, 3.8) is 0 Å². The zero-order chi connectivity index (χ0) is 23.7. The highest BCUT2D eigenvalue weighted by molar-refractivity contribution is 5.97. The number of nitrogens with one attached hydrogen (secondary N) is 1. The van der Waals surface area contributed by atoms with E-state index < -0.39 is 46.9 Å². The van der Waals surface area contributed by atoms with Crippen LogP contribution in [0.25, 0.3) is 5.69 Å². The number of amides is 1. The fraction of sp³-hybridized carbons (Fsp3) is 0.261. The van der Waals surface area contributed by atoms with Crippen LogP contribution in [0, 0.1) is 23.3 Å². The summed E-state index contributed by atoms with van der Waals surface area (Å²) in [5, 5.41) is 6.43. The first kappa shape index (κ1) is 22.5. The van der Waals surface area contributed by atoms with Crippen LogP contribution in [-0.2, 0) is 22.4 Å². The number of nitrogens with zero attached hydrogens (tertiary/aromatic N) is 2. The lowest BCUT2D eigenvalue weighted by Gasteiger charge is -2.15. The molecule has 1 aliphatic carbocycles. The number of benzene rings is 2. The quantitative estimate of drug-likeness (QED) is 0.345. The van der Waals surface area contributed by atoms with Gasteiger partial charge in [0.15, 0.2) is 29.2 Å². The largest absolute Gasteiger partial charge is 0.448 e. The van der Waals surface area contributed by atoms with Gasteiger partial charge in [0.1, 0.15) is 5.82 Å². The Morgan fingerprint density at radius 1 is 1.00 bits per heavy atom. The Bertz CT molecular complexity index is 1220. The highest BCUT2D eigenvalue weighted by Crippen LogP contribution is 2.28. The van der Waals surface area contributed by atoms with E-state index in [2.05, 4.69) is 10.4 Å². The smallest absolute Gasteiger partial charge is 0.359 e. The van der Waals surface area contributed by atoms with Gasteiger partial charge in [-0.25, -0.2) is 27.0 Å². The highest BCUT2D eigenvalue weighted by atomic mass is 19.2. The maximum absolute atomic E-state index is 13.8. The minimum absolute atomic E-state index is 0.0349. The summed E-state index contributed by atoms with van der Waals surface area (Å²) in [5.74, 6) is -6.88. The van der Waals surface area contributed by atoms with Gasteiger partial charge in [-0.15, -0.1) is 0 Å². The molecule has 1 N–H and O–H groups in total. The average Bonchev–Trinajstić information content (AvgIpc) is 3.20. The minimum atomic E-state index is -1.73. The second-order valence-corrected chi connectivity index (χ2v) is 7.63. The molecule has 4 rings (SSSR count). The van der Waals surface area contributed by atoms with Gasteiger partial charge in [-0.1, -0.05) is 0 Å². The van der Waals surface area contributed by atoms with Gasteiger partial charge in [-0.3, -0.25) is 4.79 Å². The first-order chi connectivity index (χ1) is 15.8. The zero-order valence-corrected chi connectivity index (χ0v) is 17.5. The third kappa shape index (κ3) is 4.46. The third-order valence-electron chi connectivity index (χ3n) is 5.39. The molecule has 1 aromatic heterocycles. The van der Waals surface area contributed by atoms with E-state index in [9.17, 15) is 27.2 Å².